The first kappa shape index (κ1) is 12.2. The van der Waals surface area contributed by atoms with Crippen molar-refractivity contribution >= 4 is 39.9 Å². The van der Waals surface area contributed by atoms with E-state index in [2.05, 4.69) is 52.2 Å². The zero-order chi connectivity index (χ0) is 11.4. The van der Waals surface area contributed by atoms with Crippen LogP contribution in [0.5, 0.6) is 0 Å². The van der Waals surface area contributed by atoms with Gasteiger partial charge in [-0.15, -0.1) is 0 Å². The van der Waals surface area contributed by atoms with Gasteiger partial charge in [0, 0.05) is 10.1 Å². The molecule has 0 amide bonds. The number of hydrogen-bond acceptors (Lipinski definition) is 1. The molecule has 0 heterocycles. The van der Waals surface area contributed by atoms with Crippen LogP contribution in [0.15, 0.2) is 30.4 Å². The van der Waals surface area contributed by atoms with Gasteiger partial charge in [0.1, 0.15) is 0 Å². The zero-order valence-electron chi connectivity index (χ0n) is 9.05. The Morgan fingerprint density at radius 1 is 1.38 bits per heavy atom. The van der Waals surface area contributed by atoms with Crippen molar-refractivity contribution in [1.82, 2.24) is 0 Å². The summed E-state index contributed by atoms with van der Waals surface area (Å²) in [5, 5.41) is 4.26. The molecule has 1 unspecified atom stereocenters. The molecule has 16 heavy (non-hydrogen) atoms. The Balaban J connectivity index is 1.91. The van der Waals surface area contributed by atoms with Crippen molar-refractivity contribution in [3.63, 3.8) is 0 Å². The Hall–Kier alpha value is -0.220. The molecule has 1 nitrogen and oxygen atoms in total. The topological polar surface area (TPSA) is 12.0 Å². The second-order valence-corrected chi connectivity index (χ2v) is 5.81. The summed E-state index contributed by atoms with van der Waals surface area (Å²) in [6, 6.07) is 6.13. The minimum atomic E-state index is 0.750. The van der Waals surface area contributed by atoms with Gasteiger partial charge < -0.3 is 5.32 Å². The van der Waals surface area contributed by atoms with Crippen molar-refractivity contribution in [2.45, 2.75) is 19.3 Å². The molecule has 86 valence electrons. The second kappa shape index (κ2) is 5.92. The Morgan fingerprint density at radius 3 is 2.94 bits per heavy atom. The maximum Gasteiger partial charge on any atom is 0.0648 e. The fourth-order valence-corrected chi connectivity index (χ4v) is 2.85. The van der Waals surface area contributed by atoms with E-state index in [-0.39, 0.29) is 0 Å². The van der Waals surface area contributed by atoms with Gasteiger partial charge in [-0.3, -0.25) is 0 Å². The lowest BCUT2D eigenvalue weighted by molar-refractivity contribution is 0.504. The molecule has 1 aliphatic rings. The van der Waals surface area contributed by atoms with Gasteiger partial charge in [0.15, 0.2) is 0 Å². The van der Waals surface area contributed by atoms with E-state index in [1.165, 1.54) is 22.8 Å². The standard InChI is InChI=1S/C13H15ClIN/c14-12-8-11(15)6-7-13(12)16-9-10-4-2-1-3-5-10/h1-2,6-8,10,16H,3-5,9H2. The van der Waals surface area contributed by atoms with Crippen molar-refractivity contribution < 1.29 is 0 Å². The number of hydrogen-bond donors (Lipinski definition) is 1. The van der Waals surface area contributed by atoms with Gasteiger partial charge in [-0.25, -0.2) is 0 Å². The minimum absolute atomic E-state index is 0.750. The quantitative estimate of drug-likeness (QED) is 0.616. The smallest absolute Gasteiger partial charge is 0.0648 e. The van der Waals surface area contributed by atoms with Crippen LogP contribution in [0.25, 0.3) is 0 Å². The Kier molecular flexibility index (Phi) is 4.53. The van der Waals surface area contributed by atoms with Crippen LogP contribution in [0.1, 0.15) is 19.3 Å². The molecule has 3 heteroatoms. The van der Waals surface area contributed by atoms with Crippen molar-refractivity contribution in [3.05, 3.63) is 38.9 Å². The molecule has 0 aromatic heterocycles. The summed E-state index contributed by atoms with van der Waals surface area (Å²) in [4.78, 5) is 0. The van der Waals surface area contributed by atoms with Crippen LogP contribution in [0.4, 0.5) is 5.69 Å². The molecule has 0 spiro atoms. The largest absolute Gasteiger partial charge is 0.384 e. The lowest BCUT2D eigenvalue weighted by Crippen LogP contribution is -2.15. The molecule has 0 fully saturated rings. The summed E-state index contributed by atoms with van der Waals surface area (Å²) in [6.45, 7) is 1.02. The van der Waals surface area contributed by atoms with Crippen LogP contribution < -0.4 is 5.32 Å². The van der Waals surface area contributed by atoms with Crippen molar-refractivity contribution in [2.24, 2.45) is 5.92 Å². The van der Waals surface area contributed by atoms with Crippen LogP contribution >= 0.6 is 34.2 Å². The Bertz CT molecular complexity index is 390. The van der Waals surface area contributed by atoms with Crippen LogP contribution in [-0.4, -0.2) is 6.54 Å². The molecule has 1 aliphatic carbocycles. The van der Waals surface area contributed by atoms with E-state index in [4.69, 9.17) is 11.6 Å². The van der Waals surface area contributed by atoms with Crippen LogP contribution in [0.3, 0.4) is 0 Å². The lowest BCUT2D eigenvalue weighted by Gasteiger charge is -2.19. The highest BCUT2D eigenvalue weighted by Crippen LogP contribution is 2.25. The summed E-state index contributed by atoms with van der Waals surface area (Å²) in [5.41, 5.74) is 1.05. The first-order valence-corrected chi connectivity index (χ1v) is 7.05. The Morgan fingerprint density at radius 2 is 2.25 bits per heavy atom. The van der Waals surface area contributed by atoms with Crippen molar-refractivity contribution in [3.8, 4) is 0 Å². The zero-order valence-corrected chi connectivity index (χ0v) is 12.0. The summed E-state index contributed by atoms with van der Waals surface area (Å²) in [7, 11) is 0. The number of rotatable bonds is 3. The fraction of sp³-hybridized carbons (Fsp3) is 0.385. The molecule has 0 saturated carbocycles. The average molecular weight is 348 g/mol. The number of benzene rings is 1. The third-order valence-electron chi connectivity index (χ3n) is 2.89. The summed E-state index contributed by atoms with van der Waals surface area (Å²) < 4.78 is 1.17. The third kappa shape index (κ3) is 3.39. The van der Waals surface area contributed by atoms with Gasteiger partial charge in [-0.1, -0.05) is 23.8 Å². The van der Waals surface area contributed by atoms with E-state index in [1.807, 2.05) is 6.07 Å². The number of nitrogens with one attached hydrogen (secondary N) is 1. The highest BCUT2D eigenvalue weighted by Gasteiger charge is 2.10. The Labute approximate surface area is 115 Å². The molecule has 1 atom stereocenters. The second-order valence-electron chi connectivity index (χ2n) is 4.16. The van der Waals surface area contributed by atoms with Crippen molar-refractivity contribution in [2.75, 3.05) is 11.9 Å². The number of anilines is 1. The molecular weight excluding hydrogens is 333 g/mol. The highest BCUT2D eigenvalue weighted by atomic mass is 127. The van der Waals surface area contributed by atoms with Gasteiger partial charge in [0.25, 0.3) is 0 Å². The first-order chi connectivity index (χ1) is 7.75. The maximum atomic E-state index is 6.17. The molecule has 2 rings (SSSR count). The molecule has 0 saturated heterocycles. The molecule has 1 aromatic rings. The minimum Gasteiger partial charge on any atom is -0.384 e. The van der Waals surface area contributed by atoms with E-state index in [9.17, 15) is 0 Å². The van der Waals surface area contributed by atoms with Gasteiger partial charge in [0.05, 0.1) is 10.7 Å². The van der Waals surface area contributed by atoms with E-state index < -0.39 is 0 Å². The number of allylic oxidation sites excluding steroid dienone is 2. The van der Waals surface area contributed by atoms with Crippen LogP contribution in [0.2, 0.25) is 5.02 Å². The predicted molar refractivity (Wildman–Crippen MR) is 79.1 cm³/mol. The van der Waals surface area contributed by atoms with E-state index in [0.29, 0.717) is 0 Å². The molecule has 1 N–H and O–H groups in total. The average Bonchev–Trinajstić information content (AvgIpc) is 2.29. The maximum absolute atomic E-state index is 6.17. The lowest BCUT2D eigenvalue weighted by atomic mass is 9.94. The molecule has 0 bridgehead atoms. The van der Waals surface area contributed by atoms with Gasteiger partial charge in [0.2, 0.25) is 0 Å². The fourth-order valence-electron chi connectivity index (χ4n) is 1.93. The van der Waals surface area contributed by atoms with Gasteiger partial charge in [-0.05, 0) is 66.0 Å². The summed E-state index contributed by atoms with van der Waals surface area (Å²) in [5.74, 6) is 0.750. The monoisotopic (exact) mass is 347 g/mol. The normalized spacial score (nSPS) is 19.8. The third-order valence-corrected chi connectivity index (χ3v) is 3.87. The number of halogens is 2. The molecular formula is C13H15ClIN. The van der Waals surface area contributed by atoms with Crippen LogP contribution in [-0.2, 0) is 0 Å². The highest BCUT2D eigenvalue weighted by molar-refractivity contribution is 14.1. The van der Waals surface area contributed by atoms with E-state index >= 15 is 0 Å². The van der Waals surface area contributed by atoms with Gasteiger partial charge in [-0.2, -0.15) is 0 Å². The van der Waals surface area contributed by atoms with E-state index in [0.717, 1.165) is 23.2 Å². The molecule has 0 radical (unpaired) electrons. The van der Waals surface area contributed by atoms with Crippen LogP contribution in [0, 0.1) is 9.49 Å². The summed E-state index contributed by atoms with van der Waals surface area (Å²) in [6.07, 6.45) is 8.24. The predicted octanol–water partition coefficient (Wildman–Crippen LogP) is 4.71. The first-order valence-electron chi connectivity index (χ1n) is 5.59. The SMILES string of the molecule is Clc1cc(I)ccc1NCC1CC=CCC1. The summed E-state index contributed by atoms with van der Waals surface area (Å²) >= 11 is 8.44. The van der Waals surface area contributed by atoms with E-state index in [1.54, 1.807) is 0 Å². The molecule has 0 aliphatic heterocycles. The van der Waals surface area contributed by atoms with Crippen molar-refractivity contribution in [1.29, 1.82) is 0 Å². The van der Waals surface area contributed by atoms with Gasteiger partial charge >= 0.3 is 0 Å². The molecule has 1 aromatic carbocycles.